The van der Waals surface area contributed by atoms with Crippen LogP contribution in [0.25, 0.3) is 0 Å². The first-order chi connectivity index (χ1) is 10.0. The number of carbonyl (C=O) groups excluding carboxylic acids is 1. The Bertz CT molecular complexity index is 542. The fourth-order valence-corrected chi connectivity index (χ4v) is 2.89. The summed E-state index contributed by atoms with van der Waals surface area (Å²) in [5.41, 5.74) is 7.42. The van der Waals surface area contributed by atoms with E-state index in [9.17, 15) is 9.59 Å². The van der Waals surface area contributed by atoms with Crippen LogP contribution in [0.4, 0.5) is 5.69 Å². The first kappa shape index (κ1) is 15.5. The van der Waals surface area contributed by atoms with E-state index < -0.39 is 5.97 Å². The summed E-state index contributed by atoms with van der Waals surface area (Å²) in [5.74, 6) is -1.29. The van der Waals surface area contributed by atoms with Gasteiger partial charge in [-0.2, -0.15) is 0 Å². The largest absolute Gasteiger partial charge is 0.478 e. The number of hydrogen-bond acceptors (Lipinski definition) is 3. The van der Waals surface area contributed by atoms with Crippen LogP contribution in [0.15, 0.2) is 18.2 Å². The molecule has 1 aliphatic carbocycles. The molecule has 1 aromatic carbocycles. The average Bonchev–Trinajstić information content (AvgIpc) is 2.65. The Morgan fingerprint density at radius 2 is 1.95 bits per heavy atom. The molecule has 1 fully saturated rings. The number of hydrogen-bond donors (Lipinski definition) is 3. The van der Waals surface area contributed by atoms with Crippen LogP contribution >= 0.6 is 0 Å². The molecule has 0 aliphatic heterocycles. The van der Waals surface area contributed by atoms with Crippen molar-refractivity contribution in [3.05, 3.63) is 29.3 Å². The summed E-state index contributed by atoms with van der Waals surface area (Å²) in [7, 11) is 0. The zero-order valence-electron chi connectivity index (χ0n) is 12.3. The molecule has 1 aliphatic rings. The molecule has 5 nitrogen and oxygen atoms in total. The lowest BCUT2D eigenvalue weighted by molar-refractivity contribution is -0.120. The monoisotopic (exact) mass is 290 g/mol. The van der Waals surface area contributed by atoms with E-state index in [0.29, 0.717) is 11.3 Å². The van der Waals surface area contributed by atoms with Gasteiger partial charge in [0, 0.05) is 11.7 Å². The molecule has 0 saturated heterocycles. The molecular weight excluding hydrogens is 268 g/mol. The highest BCUT2D eigenvalue weighted by Gasteiger charge is 2.27. The van der Waals surface area contributed by atoms with Crippen molar-refractivity contribution in [2.75, 3.05) is 5.32 Å². The lowest BCUT2D eigenvalue weighted by atomic mass is 9.94. The minimum Gasteiger partial charge on any atom is -0.478 e. The number of amides is 1. The Kier molecular flexibility index (Phi) is 4.96. The Morgan fingerprint density at radius 1 is 1.24 bits per heavy atom. The molecule has 0 spiro atoms. The van der Waals surface area contributed by atoms with Crippen molar-refractivity contribution in [1.29, 1.82) is 0 Å². The number of carbonyl (C=O) groups is 2. The van der Waals surface area contributed by atoms with Crippen LogP contribution < -0.4 is 11.1 Å². The molecule has 1 saturated carbocycles. The van der Waals surface area contributed by atoms with E-state index >= 15 is 0 Å². The maximum atomic E-state index is 12.4. The molecule has 4 N–H and O–H groups in total. The van der Waals surface area contributed by atoms with E-state index in [2.05, 4.69) is 5.32 Å². The van der Waals surface area contributed by atoms with Crippen LogP contribution in [0.2, 0.25) is 0 Å². The van der Waals surface area contributed by atoms with Crippen LogP contribution in [0, 0.1) is 12.8 Å². The number of nitrogens with one attached hydrogen (secondary N) is 1. The molecule has 114 valence electrons. The molecule has 21 heavy (non-hydrogen) atoms. The van der Waals surface area contributed by atoms with Crippen molar-refractivity contribution >= 4 is 17.6 Å². The van der Waals surface area contributed by atoms with Crippen molar-refractivity contribution in [2.45, 2.75) is 45.1 Å². The summed E-state index contributed by atoms with van der Waals surface area (Å²) in [5, 5.41) is 12.0. The Labute approximate surface area is 124 Å². The predicted molar refractivity (Wildman–Crippen MR) is 81.3 cm³/mol. The van der Waals surface area contributed by atoms with Crippen LogP contribution in [-0.2, 0) is 4.79 Å². The predicted octanol–water partition coefficient (Wildman–Crippen LogP) is 2.54. The van der Waals surface area contributed by atoms with Crippen molar-refractivity contribution in [2.24, 2.45) is 11.7 Å². The molecular formula is C16H22N2O3. The number of benzene rings is 1. The summed E-state index contributed by atoms with van der Waals surface area (Å²) < 4.78 is 0. The molecule has 1 aromatic rings. The second kappa shape index (κ2) is 6.72. The Balaban J connectivity index is 2.15. The van der Waals surface area contributed by atoms with Crippen molar-refractivity contribution in [1.82, 2.24) is 0 Å². The topological polar surface area (TPSA) is 92.4 Å². The SMILES string of the molecule is Cc1c(NC(=O)C2CCCCCC2N)cccc1C(=O)O. The highest BCUT2D eigenvalue weighted by atomic mass is 16.4. The highest BCUT2D eigenvalue weighted by Crippen LogP contribution is 2.25. The second-order valence-corrected chi connectivity index (χ2v) is 5.68. The van der Waals surface area contributed by atoms with Crippen molar-refractivity contribution in [3.63, 3.8) is 0 Å². The van der Waals surface area contributed by atoms with Gasteiger partial charge in [0.15, 0.2) is 0 Å². The van der Waals surface area contributed by atoms with E-state index in [4.69, 9.17) is 10.8 Å². The van der Waals surface area contributed by atoms with Gasteiger partial charge in [-0.1, -0.05) is 25.3 Å². The summed E-state index contributed by atoms with van der Waals surface area (Å²) in [6, 6.07) is 4.78. The summed E-state index contributed by atoms with van der Waals surface area (Å²) >= 11 is 0. The molecule has 1 amide bonds. The second-order valence-electron chi connectivity index (χ2n) is 5.68. The van der Waals surface area contributed by atoms with E-state index in [1.807, 2.05) is 0 Å². The average molecular weight is 290 g/mol. The van der Waals surface area contributed by atoms with Crippen molar-refractivity contribution in [3.8, 4) is 0 Å². The Morgan fingerprint density at radius 3 is 2.67 bits per heavy atom. The third-order valence-corrected chi connectivity index (χ3v) is 4.23. The van der Waals surface area contributed by atoms with Crippen LogP contribution in [0.1, 0.15) is 48.0 Å². The normalized spacial score (nSPS) is 22.4. The molecule has 2 rings (SSSR count). The standard InChI is InChI=1S/C16H22N2O3/c1-10-11(16(20)21)7-5-9-14(10)18-15(19)12-6-3-2-4-8-13(12)17/h5,7,9,12-13H,2-4,6,8,17H2,1H3,(H,18,19)(H,20,21). The third kappa shape index (κ3) is 3.61. The van der Waals surface area contributed by atoms with Gasteiger partial charge in [-0.25, -0.2) is 4.79 Å². The maximum Gasteiger partial charge on any atom is 0.336 e. The maximum absolute atomic E-state index is 12.4. The van der Waals surface area contributed by atoms with Gasteiger partial charge in [0.25, 0.3) is 0 Å². The molecule has 0 bridgehead atoms. The van der Waals surface area contributed by atoms with E-state index in [-0.39, 0.29) is 23.4 Å². The molecule has 0 radical (unpaired) electrons. The molecule has 0 aromatic heterocycles. The fraction of sp³-hybridized carbons (Fsp3) is 0.500. The number of nitrogens with two attached hydrogens (primary N) is 1. The lowest BCUT2D eigenvalue weighted by Gasteiger charge is -2.21. The van der Waals surface area contributed by atoms with Gasteiger partial charge in [0.2, 0.25) is 5.91 Å². The minimum atomic E-state index is -0.991. The zero-order valence-corrected chi connectivity index (χ0v) is 12.3. The van der Waals surface area contributed by atoms with Gasteiger partial charge < -0.3 is 16.2 Å². The molecule has 5 heteroatoms. The van der Waals surface area contributed by atoms with E-state index in [0.717, 1.165) is 32.1 Å². The van der Waals surface area contributed by atoms with Crippen LogP contribution in [0.5, 0.6) is 0 Å². The van der Waals surface area contributed by atoms with E-state index in [1.54, 1.807) is 19.1 Å². The minimum absolute atomic E-state index is 0.102. The molecule has 0 heterocycles. The number of aromatic carboxylic acids is 1. The number of rotatable bonds is 3. The van der Waals surface area contributed by atoms with Gasteiger partial charge >= 0.3 is 5.97 Å². The highest BCUT2D eigenvalue weighted by molar-refractivity contribution is 5.97. The van der Waals surface area contributed by atoms with Gasteiger partial charge in [0.1, 0.15) is 0 Å². The van der Waals surface area contributed by atoms with Gasteiger partial charge in [-0.05, 0) is 37.5 Å². The smallest absolute Gasteiger partial charge is 0.336 e. The van der Waals surface area contributed by atoms with Crippen LogP contribution in [0.3, 0.4) is 0 Å². The quantitative estimate of drug-likeness (QED) is 0.746. The molecule has 2 unspecified atom stereocenters. The van der Waals surface area contributed by atoms with Crippen LogP contribution in [-0.4, -0.2) is 23.0 Å². The van der Waals surface area contributed by atoms with Gasteiger partial charge in [-0.3, -0.25) is 4.79 Å². The first-order valence-electron chi connectivity index (χ1n) is 7.40. The number of carboxylic acid groups (broad SMARTS) is 1. The summed E-state index contributed by atoms with van der Waals surface area (Å²) in [4.78, 5) is 23.6. The Hall–Kier alpha value is -1.88. The first-order valence-corrected chi connectivity index (χ1v) is 7.40. The fourth-order valence-electron chi connectivity index (χ4n) is 2.89. The van der Waals surface area contributed by atoms with Crippen molar-refractivity contribution < 1.29 is 14.7 Å². The lowest BCUT2D eigenvalue weighted by Crippen LogP contribution is -2.38. The molecule has 2 atom stereocenters. The number of carboxylic acids is 1. The third-order valence-electron chi connectivity index (χ3n) is 4.23. The zero-order chi connectivity index (χ0) is 15.4. The van der Waals surface area contributed by atoms with Gasteiger partial charge in [-0.15, -0.1) is 0 Å². The number of anilines is 1. The van der Waals surface area contributed by atoms with Gasteiger partial charge in [0.05, 0.1) is 11.5 Å². The summed E-state index contributed by atoms with van der Waals surface area (Å²) in [6.07, 6.45) is 4.86. The van der Waals surface area contributed by atoms with E-state index in [1.165, 1.54) is 6.07 Å². The summed E-state index contributed by atoms with van der Waals surface area (Å²) in [6.45, 7) is 1.70.